The van der Waals surface area contributed by atoms with Gasteiger partial charge in [0.05, 0.1) is 0 Å². The summed E-state index contributed by atoms with van der Waals surface area (Å²) >= 11 is 0. The molecule has 0 amide bonds. The summed E-state index contributed by atoms with van der Waals surface area (Å²) < 4.78 is 0. The first kappa shape index (κ1) is 15.4. The van der Waals surface area contributed by atoms with Crippen molar-refractivity contribution < 1.29 is 4.79 Å². The number of fused-ring (bicyclic) bond motifs is 5. The predicted molar refractivity (Wildman–Crippen MR) is 103 cm³/mol. The second-order valence-corrected chi connectivity index (χ2v) is 9.51. The van der Waals surface area contributed by atoms with E-state index in [2.05, 4.69) is 57.2 Å². The smallest absolute Gasteiger partial charge is 0.144 e. The maximum absolute atomic E-state index is 13.2. The lowest BCUT2D eigenvalue weighted by atomic mass is 9.63. The van der Waals surface area contributed by atoms with Crippen molar-refractivity contribution in [2.75, 3.05) is 0 Å². The van der Waals surface area contributed by atoms with Crippen molar-refractivity contribution in [3.63, 3.8) is 0 Å². The third-order valence-corrected chi connectivity index (χ3v) is 6.94. The van der Waals surface area contributed by atoms with Gasteiger partial charge in [-0.25, -0.2) is 0 Å². The normalized spacial score (nSPS) is 27.9. The van der Waals surface area contributed by atoms with E-state index in [1.807, 2.05) is 0 Å². The number of ketones is 1. The summed E-state index contributed by atoms with van der Waals surface area (Å²) in [5, 5.41) is 2.66. The summed E-state index contributed by atoms with van der Waals surface area (Å²) in [6.45, 7) is 6.80. The SMILES string of the molecule is CC(C)(C)c1cccc2cc3c(cc12)CC(=O)C1(CC2=CCC1C2)C3. The van der Waals surface area contributed by atoms with E-state index in [0.717, 1.165) is 19.3 Å². The molecule has 2 unspecified atom stereocenters. The third kappa shape index (κ3) is 2.11. The minimum absolute atomic E-state index is 0.0770. The summed E-state index contributed by atoms with van der Waals surface area (Å²) in [6, 6.07) is 11.4. The Labute approximate surface area is 150 Å². The molecule has 2 bridgehead atoms. The Bertz CT molecular complexity index is 940. The Balaban J connectivity index is 1.65. The van der Waals surface area contributed by atoms with E-state index in [1.54, 1.807) is 0 Å². The molecular formula is C24H26O. The van der Waals surface area contributed by atoms with Crippen molar-refractivity contribution in [3.8, 4) is 0 Å². The molecule has 1 spiro atoms. The minimum Gasteiger partial charge on any atom is -0.299 e. The Morgan fingerprint density at radius 3 is 2.60 bits per heavy atom. The van der Waals surface area contributed by atoms with Gasteiger partial charge in [-0.1, -0.05) is 62.8 Å². The van der Waals surface area contributed by atoms with Crippen molar-refractivity contribution in [2.45, 2.75) is 58.3 Å². The number of carbonyl (C=O) groups excluding carboxylic acids is 1. The maximum Gasteiger partial charge on any atom is 0.144 e. The number of Topliss-reactive ketones (excluding diaryl/α,β-unsaturated/α-hetero) is 1. The lowest BCUT2D eigenvalue weighted by Crippen LogP contribution is -2.42. The fourth-order valence-corrected chi connectivity index (χ4v) is 5.63. The van der Waals surface area contributed by atoms with E-state index in [4.69, 9.17) is 0 Å². The molecule has 0 aliphatic heterocycles. The summed E-state index contributed by atoms with van der Waals surface area (Å²) in [6.07, 6.45) is 7.29. The Kier molecular flexibility index (Phi) is 2.98. The highest BCUT2D eigenvalue weighted by atomic mass is 16.1. The Hall–Kier alpha value is -1.89. The number of hydrogen-bond acceptors (Lipinski definition) is 1. The van der Waals surface area contributed by atoms with Crippen LogP contribution in [0.25, 0.3) is 10.8 Å². The molecule has 25 heavy (non-hydrogen) atoms. The van der Waals surface area contributed by atoms with Crippen LogP contribution in [0.1, 0.15) is 56.7 Å². The van der Waals surface area contributed by atoms with Gasteiger partial charge >= 0.3 is 0 Å². The molecule has 0 aromatic heterocycles. The van der Waals surface area contributed by atoms with Crippen LogP contribution in [0.2, 0.25) is 0 Å². The van der Waals surface area contributed by atoms with E-state index in [9.17, 15) is 4.79 Å². The average Bonchev–Trinajstić information content (AvgIpc) is 3.14. The molecule has 1 nitrogen and oxygen atoms in total. The van der Waals surface area contributed by atoms with Gasteiger partial charge in [0.1, 0.15) is 5.78 Å². The quantitative estimate of drug-likeness (QED) is 0.580. The standard InChI is InChI=1S/C24H26O/c1-23(2,3)21-6-4-5-16-10-18-14-24(13-15-7-8-19(24)9-15)22(25)12-17(18)11-20(16)21/h4-7,10-11,19H,8-9,12-14H2,1-3H3. The monoisotopic (exact) mass is 330 g/mol. The van der Waals surface area contributed by atoms with E-state index in [1.165, 1.54) is 39.5 Å². The van der Waals surface area contributed by atoms with Gasteiger partial charge in [0.25, 0.3) is 0 Å². The lowest BCUT2D eigenvalue weighted by molar-refractivity contribution is -0.131. The Morgan fingerprint density at radius 2 is 1.92 bits per heavy atom. The first-order valence-corrected chi connectivity index (χ1v) is 9.63. The fraction of sp³-hybridized carbons (Fsp3) is 0.458. The lowest BCUT2D eigenvalue weighted by Gasteiger charge is -2.39. The molecular weight excluding hydrogens is 304 g/mol. The number of rotatable bonds is 0. The second kappa shape index (κ2) is 4.84. The van der Waals surface area contributed by atoms with Crippen molar-refractivity contribution in [3.05, 3.63) is 58.7 Å². The molecule has 0 heterocycles. The van der Waals surface area contributed by atoms with Crippen LogP contribution in [-0.4, -0.2) is 5.78 Å². The highest BCUT2D eigenvalue weighted by Gasteiger charge is 2.53. The molecule has 0 saturated heterocycles. The summed E-state index contributed by atoms with van der Waals surface area (Å²) in [5.41, 5.74) is 5.66. The van der Waals surface area contributed by atoms with Crippen molar-refractivity contribution >= 4 is 16.6 Å². The van der Waals surface area contributed by atoms with Crippen molar-refractivity contribution in [1.29, 1.82) is 0 Å². The molecule has 1 fully saturated rings. The third-order valence-electron chi connectivity index (χ3n) is 6.94. The molecule has 1 heteroatoms. The molecule has 2 aromatic rings. The van der Waals surface area contributed by atoms with Gasteiger partial charge in [0.2, 0.25) is 0 Å². The van der Waals surface area contributed by atoms with Gasteiger partial charge in [0, 0.05) is 11.8 Å². The molecule has 0 N–H and O–H groups in total. The van der Waals surface area contributed by atoms with Crippen LogP contribution >= 0.6 is 0 Å². The molecule has 5 rings (SSSR count). The highest BCUT2D eigenvalue weighted by molar-refractivity contribution is 5.94. The van der Waals surface area contributed by atoms with E-state index >= 15 is 0 Å². The van der Waals surface area contributed by atoms with Gasteiger partial charge in [-0.15, -0.1) is 0 Å². The highest BCUT2D eigenvalue weighted by Crippen LogP contribution is 2.57. The van der Waals surface area contributed by atoms with Crippen LogP contribution in [0.5, 0.6) is 0 Å². The number of allylic oxidation sites excluding steroid dienone is 2. The fourth-order valence-electron chi connectivity index (χ4n) is 5.63. The first-order chi connectivity index (χ1) is 11.9. The largest absolute Gasteiger partial charge is 0.299 e. The van der Waals surface area contributed by atoms with Gasteiger partial charge in [-0.3, -0.25) is 4.79 Å². The molecule has 3 aliphatic rings. The zero-order valence-electron chi connectivity index (χ0n) is 15.5. The second-order valence-electron chi connectivity index (χ2n) is 9.51. The van der Waals surface area contributed by atoms with E-state index in [-0.39, 0.29) is 10.8 Å². The molecule has 3 aliphatic carbocycles. The summed E-state index contributed by atoms with van der Waals surface area (Å²) in [4.78, 5) is 13.2. The van der Waals surface area contributed by atoms with Crippen LogP contribution in [0, 0.1) is 11.3 Å². The van der Waals surface area contributed by atoms with Gasteiger partial charge in [0.15, 0.2) is 0 Å². The zero-order chi connectivity index (χ0) is 17.4. The predicted octanol–water partition coefficient (Wildman–Crippen LogP) is 5.53. The number of benzene rings is 2. The average molecular weight is 330 g/mol. The van der Waals surface area contributed by atoms with Crippen molar-refractivity contribution in [2.24, 2.45) is 11.3 Å². The number of hydrogen-bond donors (Lipinski definition) is 0. The zero-order valence-corrected chi connectivity index (χ0v) is 15.5. The van der Waals surface area contributed by atoms with Gasteiger partial charge in [-0.2, -0.15) is 0 Å². The molecule has 2 atom stereocenters. The molecule has 0 radical (unpaired) electrons. The molecule has 128 valence electrons. The Morgan fingerprint density at radius 1 is 1.08 bits per heavy atom. The van der Waals surface area contributed by atoms with Crippen LogP contribution in [0.4, 0.5) is 0 Å². The summed E-state index contributed by atoms with van der Waals surface area (Å²) in [7, 11) is 0. The van der Waals surface area contributed by atoms with E-state index < -0.39 is 0 Å². The van der Waals surface area contributed by atoms with Crippen LogP contribution in [0.15, 0.2) is 42.0 Å². The van der Waals surface area contributed by atoms with E-state index in [0.29, 0.717) is 18.1 Å². The molecule has 1 saturated carbocycles. The number of carbonyl (C=O) groups is 1. The molecule has 2 aromatic carbocycles. The van der Waals surface area contributed by atoms with Crippen LogP contribution < -0.4 is 0 Å². The maximum atomic E-state index is 13.2. The van der Waals surface area contributed by atoms with Gasteiger partial charge in [-0.05, 0) is 64.5 Å². The topological polar surface area (TPSA) is 17.1 Å². The summed E-state index contributed by atoms with van der Waals surface area (Å²) in [5.74, 6) is 1.07. The van der Waals surface area contributed by atoms with Crippen LogP contribution in [-0.2, 0) is 23.1 Å². The first-order valence-electron chi connectivity index (χ1n) is 9.63. The van der Waals surface area contributed by atoms with Crippen molar-refractivity contribution in [1.82, 2.24) is 0 Å². The van der Waals surface area contributed by atoms with Gasteiger partial charge < -0.3 is 0 Å². The van der Waals surface area contributed by atoms with Crippen LogP contribution in [0.3, 0.4) is 0 Å². The minimum atomic E-state index is -0.0770.